The molecule has 0 atom stereocenters. The number of rotatable bonds is 8. The van der Waals surface area contributed by atoms with Crippen molar-refractivity contribution in [3.63, 3.8) is 0 Å². The van der Waals surface area contributed by atoms with Gasteiger partial charge in [-0.25, -0.2) is 23.0 Å². The number of carbonyl (C=O) groups is 3. The summed E-state index contributed by atoms with van der Waals surface area (Å²) in [4.78, 5) is 46.5. The van der Waals surface area contributed by atoms with Crippen LogP contribution in [0.4, 0.5) is 19.3 Å². The minimum Gasteiger partial charge on any atom is -0.383 e. The van der Waals surface area contributed by atoms with Gasteiger partial charge in [-0.15, -0.1) is 0 Å². The number of carbonyl (C=O) groups excluding carboxylic acids is 3. The molecule has 4 amide bonds. The van der Waals surface area contributed by atoms with Crippen LogP contribution in [0.1, 0.15) is 26.7 Å². The van der Waals surface area contributed by atoms with Crippen molar-refractivity contribution < 1.29 is 32.4 Å². The van der Waals surface area contributed by atoms with Crippen LogP contribution in [0.5, 0.6) is 0 Å². The molecule has 1 aliphatic rings. The number of urea groups is 1. The Hall–Kier alpha value is -4.66. The third kappa shape index (κ3) is 6.82. The molecule has 254 valence electrons. The molecule has 2 aromatic carbocycles. The number of ether oxygens (including phenoxy) is 1. The molecule has 5 rings (SSSR count). The largest absolute Gasteiger partial charge is 0.418 e. The Balaban J connectivity index is 1.27. The molecule has 0 spiro atoms. The molecule has 1 aliphatic heterocycles. The summed E-state index contributed by atoms with van der Waals surface area (Å²) in [6.07, 6.45) is 2.78. The Morgan fingerprint density at radius 3 is 2.25 bits per heavy atom. The molecular formula is C33H38ClF2N8O4+. The number of aromatic nitrogens is 4. The number of methoxy groups -OCH3 is 1. The molecule has 48 heavy (non-hydrogen) atoms. The fraction of sp³-hybridized carbons (Fsp3) is 0.364. The average molecular weight is 684 g/mol. The van der Waals surface area contributed by atoms with E-state index < -0.39 is 17.5 Å². The lowest BCUT2D eigenvalue weighted by atomic mass is 10.0. The van der Waals surface area contributed by atoms with Gasteiger partial charge in [-0.1, -0.05) is 17.7 Å². The van der Waals surface area contributed by atoms with Crippen LogP contribution in [-0.2, 0) is 18.3 Å². The number of piperazine rings is 1. The molecule has 2 aromatic heterocycles. The average Bonchev–Trinajstić information content (AvgIpc) is 3.61. The van der Waals surface area contributed by atoms with E-state index in [1.807, 2.05) is 0 Å². The summed E-state index contributed by atoms with van der Waals surface area (Å²) < 4.78 is 39.1. The monoisotopic (exact) mass is 683 g/mol. The Kier molecular flexibility index (Phi) is 9.99. The van der Waals surface area contributed by atoms with Crippen molar-refractivity contribution in [3.05, 3.63) is 76.5 Å². The zero-order chi connectivity index (χ0) is 34.9. The molecular weight excluding hydrogens is 646 g/mol. The van der Waals surface area contributed by atoms with Crippen molar-refractivity contribution >= 4 is 35.1 Å². The highest BCUT2D eigenvalue weighted by atomic mass is 35.5. The lowest BCUT2D eigenvalue weighted by Crippen LogP contribution is -2.57. The highest BCUT2D eigenvalue weighted by Gasteiger charge is 2.32. The van der Waals surface area contributed by atoms with Crippen LogP contribution in [-0.4, -0.2) is 112 Å². The third-order valence-corrected chi connectivity index (χ3v) is 8.63. The lowest BCUT2D eigenvalue weighted by Gasteiger charge is -2.36. The van der Waals surface area contributed by atoms with Gasteiger partial charge in [0.2, 0.25) is 0 Å². The number of halogens is 3. The van der Waals surface area contributed by atoms with E-state index >= 15 is 8.78 Å². The molecule has 1 fully saturated rings. The van der Waals surface area contributed by atoms with Crippen LogP contribution in [0.2, 0.25) is 5.02 Å². The molecule has 1 N–H and O–H groups in total. The van der Waals surface area contributed by atoms with Crippen LogP contribution < -0.4 is 5.32 Å². The Labute approximate surface area is 282 Å². The van der Waals surface area contributed by atoms with Crippen LogP contribution in [0.15, 0.2) is 42.7 Å². The second-order valence-corrected chi connectivity index (χ2v) is 12.8. The summed E-state index contributed by atoms with van der Waals surface area (Å²) in [5.74, 6) is -3.08. The Bertz CT molecular complexity index is 1880. The minimum absolute atomic E-state index is 0.0243. The van der Waals surface area contributed by atoms with Crippen LogP contribution >= 0.6 is 11.6 Å². The van der Waals surface area contributed by atoms with Gasteiger partial charge in [-0.3, -0.25) is 19.2 Å². The normalized spacial score (nSPS) is 13.6. The van der Waals surface area contributed by atoms with Crippen molar-refractivity contribution in [2.45, 2.75) is 13.5 Å². The molecule has 0 unspecified atom stereocenters. The van der Waals surface area contributed by atoms with E-state index in [1.54, 1.807) is 55.7 Å². The lowest BCUT2D eigenvalue weighted by molar-refractivity contribution is -0.790. The van der Waals surface area contributed by atoms with Crippen LogP contribution in [0.25, 0.3) is 22.4 Å². The highest BCUT2D eigenvalue weighted by Crippen LogP contribution is 2.33. The quantitative estimate of drug-likeness (QED) is 0.270. The van der Waals surface area contributed by atoms with Gasteiger partial charge in [0, 0.05) is 68.4 Å². The molecule has 0 bridgehead atoms. The number of amides is 4. The van der Waals surface area contributed by atoms with Gasteiger partial charge in [-0.05, 0) is 31.2 Å². The fourth-order valence-electron chi connectivity index (χ4n) is 5.59. The molecule has 1 saturated heterocycles. The SMILES string of the molecule is COCCn1ncc(-c2ccc(-c3cnc(C(=O)Nc4ccc(C(=O)N5CCN(C(=O)[N+](C)(C)C)CC5)c(Cl)c4)n3C)c(F)c2F)c1C. The maximum absolute atomic E-state index is 15.5. The molecule has 0 aliphatic carbocycles. The molecule has 0 saturated carbocycles. The Morgan fingerprint density at radius 1 is 0.958 bits per heavy atom. The van der Waals surface area contributed by atoms with Gasteiger partial charge in [0.05, 0.1) is 63.0 Å². The first-order valence-corrected chi connectivity index (χ1v) is 15.6. The first-order chi connectivity index (χ1) is 22.7. The number of hydrogen-bond acceptors (Lipinski definition) is 6. The number of quaternary nitrogens is 1. The number of hydrogen-bond donors (Lipinski definition) is 1. The first kappa shape index (κ1) is 34.7. The summed E-state index contributed by atoms with van der Waals surface area (Å²) in [6.45, 7) is 4.23. The zero-order valence-corrected chi connectivity index (χ0v) is 28.4. The smallest absolute Gasteiger partial charge is 0.383 e. The highest BCUT2D eigenvalue weighted by molar-refractivity contribution is 6.34. The third-order valence-electron chi connectivity index (χ3n) is 8.32. The summed E-state index contributed by atoms with van der Waals surface area (Å²) in [5, 5.41) is 7.09. The van der Waals surface area contributed by atoms with E-state index in [4.69, 9.17) is 16.3 Å². The van der Waals surface area contributed by atoms with Crippen molar-refractivity contribution in [2.24, 2.45) is 7.05 Å². The minimum atomic E-state index is -1.08. The molecule has 12 nitrogen and oxygen atoms in total. The van der Waals surface area contributed by atoms with E-state index in [2.05, 4.69) is 15.4 Å². The summed E-state index contributed by atoms with van der Waals surface area (Å²) in [6, 6.07) is 7.42. The number of imidazole rings is 1. The standard InChI is InChI=1S/C33H37ClF2N8O4/c1-20-25(18-38-43(20)15-16-48-6)22-9-10-24(29(36)28(22)35)27-19-37-30(40(27)2)31(45)39-21-7-8-23(26(34)17-21)32(46)41-11-13-42(14-12-41)33(47)44(3,4)5/h7-10,17-19H,11-16H2,1-6H3/p+1. The zero-order valence-electron chi connectivity index (χ0n) is 27.7. The van der Waals surface area contributed by atoms with Gasteiger partial charge >= 0.3 is 6.03 Å². The molecule has 3 heterocycles. The van der Waals surface area contributed by atoms with Crippen molar-refractivity contribution in [2.75, 3.05) is 66.4 Å². The number of nitrogens with zero attached hydrogens (tertiary/aromatic N) is 7. The second kappa shape index (κ2) is 13.8. The van der Waals surface area contributed by atoms with Crippen LogP contribution in [0, 0.1) is 18.6 Å². The van der Waals surface area contributed by atoms with Gasteiger partial charge in [-0.2, -0.15) is 5.10 Å². The van der Waals surface area contributed by atoms with Gasteiger partial charge < -0.3 is 19.5 Å². The van der Waals surface area contributed by atoms with E-state index in [1.165, 1.54) is 48.3 Å². The first-order valence-electron chi connectivity index (χ1n) is 15.3. The topological polar surface area (TPSA) is 115 Å². The van der Waals surface area contributed by atoms with Crippen molar-refractivity contribution in [1.82, 2.24) is 29.1 Å². The van der Waals surface area contributed by atoms with E-state index in [-0.39, 0.29) is 49.7 Å². The summed E-state index contributed by atoms with van der Waals surface area (Å²) in [7, 11) is 8.50. The summed E-state index contributed by atoms with van der Waals surface area (Å²) in [5.41, 5.74) is 1.89. The number of nitrogens with one attached hydrogen (secondary N) is 1. The maximum Gasteiger partial charge on any atom is 0.418 e. The van der Waals surface area contributed by atoms with E-state index in [0.717, 1.165) is 0 Å². The molecule has 0 radical (unpaired) electrons. The van der Waals surface area contributed by atoms with Crippen molar-refractivity contribution in [3.8, 4) is 22.4 Å². The van der Waals surface area contributed by atoms with E-state index in [9.17, 15) is 14.4 Å². The number of benzene rings is 2. The predicted molar refractivity (Wildman–Crippen MR) is 177 cm³/mol. The van der Waals surface area contributed by atoms with Crippen molar-refractivity contribution in [1.29, 1.82) is 0 Å². The van der Waals surface area contributed by atoms with Crippen LogP contribution in [0.3, 0.4) is 0 Å². The molecule has 15 heteroatoms. The van der Waals surface area contributed by atoms with E-state index in [0.29, 0.717) is 56.3 Å². The molecule has 4 aromatic rings. The summed E-state index contributed by atoms with van der Waals surface area (Å²) >= 11 is 6.48. The Morgan fingerprint density at radius 2 is 1.60 bits per heavy atom. The van der Waals surface area contributed by atoms with Gasteiger partial charge in [0.15, 0.2) is 17.5 Å². The predicted octanol–water partition coefficient (Wildman–Crippen LogP) is 4.67. The maximum atomic E-state index is 15.5. The van der Waals surface area contributed by atoms with Gasteiger partial charge in [0.25, 0.3) is 11.8 Å². The fourth-order valence-corrected chi connectivity index (χ4v) is 5.85. The number of anilines is 1. The van der Waals surface area contributed by atoms with Gasteiger partial charge in [0.1, 0.15) is 0 Å². The second-order valence-electron chi connectivity index (χ2n) is 12.4.